The van der Waals surface area contributed by atoms with Crippen molar-refractivity contribution in [1.29, 1.82) is 0 Å². The average molecular weight is 221 g/mol. The second-order valence-electron chi connectivity index (χ2n) is 2.29. The summed E-state index contributed by atoms with van der Waals surface area (Å²) in [7, 11) is -4.44. The number of rotatable bonds is 3. The number of carbonyl (C=O) groups is 1. The van der Waals surface area contributed by atoms with E-state index in [-0.39, 0.29) is 6.41 Å². The molecule has 14 heavy (non-hydrogen) atoms. The molecule has 0 saturated carbocycles. The first kappa shape index (κ1) is 10.6. The highest BCUT2D eigenvalue weighted by Crippen LogP contribution is 2.17. The Kier molecular flexibility index (Phi) is 2.80. The van der Waals surface area contributed by atoms with Gasteiger partial charge >= 0.3 is 0 Å². The molecular formula is C7H5F2NO3S. The van der Waals surface area contributed by atoms with Crippen molar-refractivity contribution in [2.24, 2.45) is 0 Å². The van der Waals surface area contributed by atoms with Gasteiger partial charge in [0.25, 0.3) is 10.0 Å². The summed E-state index contributed by atoms with van der Waals surface area (Å²) in [5.41, 5.74) is 0. The minimum atomic E-state index is -4.44. The fraction of sp³-hybridized carbons (Fsp3) is 0. The molecule has 0 aliphatic carbocycles. The Morgan fingerprint density at radius 3 is 2.14 bits per heavy atom. The largest absolute Gasteiger partial charge is 0.278 e. The summed E-state index contributed by atoms with van der Waals surface area (Å²) in [5, 5.41) is 0. The summed E-state index contributed by atoms with van der Waals surface area (Å²) >= 11 is 0. The van der Waals surface area contributed by atoms with Gasteiger partial charge in [-0.2, -0.15) is 0 Å². The van der Waals surface area contributed by atoms with Crippen LogP contribution < -0.4 is 4.72 Å². The molecule has 0 saturated heterocycles. The van der Waals surface area contributed by atoms with E-state index in [1.165, 1.54) is 4.72 Å². The molecule has 0 bridgehead atoms. The molecule has 0 atom stereocenters. The highest BCUT2D eigenvalue weighted by Gasteiger charge is 2.22. The topological polar surface area (TPSA) is 63.2 Å². The zero-order valence-corrected chi connectivity index (χ0v) is 7.51. The summed E-state index contributed by atoms with van der Waals surface area (Å²) in [6, 6.07) is 2.58. The van der Waals surface area contributed by atoms with Crippen LogP contribution in [-0.4, -0.2) is 14.8 Å². The maximum Gasteiger partial charge on any atom is 0.269 e. The molecule has 0 radical (unpaired) electrons. The molecule has 1 amide bonds. The summed E-state index contributed by atoms with van der Waals surface area (Å²) in [6.07, 6.45) is -0.165. The van der Waals surface area contributed by atoms with Crippen LogP contribution in [0.5, 0.6) is 0 Å². The van der Waals surface area contributed by atoms with E-state index in [2.05, 4.69) is 0 Å². The van der Waals surface area contributed by atoms with Gasteiger partial charge in [-0.3, -0.25) is 9.52 Å². The third-order valence-corrected chi connectivity index (χ3v) is 2.72. The molecular weight excluding hydrogens is 216 g/mol. The third-order valence-electron chi connectivity index (χ3n) is 1.39. The van der Waals surface area contributed by atoms with Crippen LogP contribution in [0.1, 0.15) is 0 Å². The van der Waals surface area contributed by atoms with Crippen LogP contribution in [0.15, 0.2) is 23.1 Å². The van der Waals surface area contributed by atoms with E-state index in [1.54, 1.807) is 0 Å². The van der Waals surface area contributed by atoms with Gasteiger partial charge in [-0.15, -0.1) is 0 Å². The van der Waals surface area contributed by atoms with E-state index in [0.717, 1.165) is 18.2 Å². The second kappa shape index (κ2) is 3.70. The molecule has 0 aliphatic heterocycles. The molecule has 76 valence electrons. The summed E-state index contributed by atoms with van der Waals surface area (Å²) in [6.45, 7) is 0. The third kappa shape index (κ3) is 1.87. The molecule has 1 aromatic carbocycles. The number of halogens is 2. The number of nitrogens with one attached hydrogen (secondary N) is 1. The van der Waals surface area contributed by atoms with Crippen molar-refractivity contribution < 1.29 is 22.0 Å². The lowest BCUT2D eigenvalue weighted by molar-refractivity contribution is -0.108. The molecule has 0 spiro atoms. The van der Waals surface area contributed by atoms with Crippen molar-refractivity contribution in [2.75, 3.05) is 0 Å². The van der Waals surface area contributed by atoms with Gasteiger partial charge in [-0.25, -0.2) is 17.2 Å². The van der Waals surface area contributed by atoms with E-state index in [0.29, 0.717) is 0 Å². The van der Waals surface area contributed by atoms with E-state index >= 15 is 0 Å². The van der Waals surface area contributed by atoms with E-state index < -0.39 is 26.6 Å². The number of amides is 1. The van der Waals surface area contributed by atoms with Crippen LogP contribution in [0.3, 0.4) is 0 Å². The molecule has 7 heteroatoms. The summed E-state index contributed by atoms with van der Waals surface area (Å²) in [4.78, 5) is 8.72. The fourth-order valence-corrected chi connectivity index (χ4v) is 1.76. The van der Waals surface area contributed by atoms with Gasteiger partial charge in [0.2, 0.25) is 6.41 Å². The number of benzene rings is 1. The highest BCUT2D eigenvalue weighted by molar-refractivity contribution is 7.90. The number of hydrogen-bond donors (Lipinski definition) is 1. The van der Waals surface area contributed by atoms with Gasteiger partial charge in [-0.1, -0.05) is 6.07 Å². The first-order valence-electron chi connectivity index (χ1n) is 3.39. The van der Waals surface area contributed by atoms with Crippen molar-refractivity contribution in [3.8, 4) is 0 Å². The molecule has 1 rings (SSSR count). The molecule has 0 aliphatic rings. The van der Waals surface area contributed by atoms with Crippen molar-refractivity contribution in [2.45, 2.75) is 4.90 Å². The van der Waals surface area contributed by atoms with Crippen LogP contribution in [0, 0.1) is 11.6 Å². The normalized spacial score (nSPS) is 11.0. The molecule has 0 fully saturated rings. The predicted octanol–water partition coefficient (Wildman–Crippen LogP) is 0.400. The maximum absolute atomic E-state index is 12.9. The molecule has 1 N–H and O–H groups in total. The number of carbonyl (C=O) groups excluding carboxylic acids is 1. The highest BCUT2D eigenvalue weighted by atomic mass is 32.2. The molecule has 0 heterocycles. The second-order valence-corrected chi connectivity index (χ2v) is 3.94. The Morgan fingerprint density at radius 1 is 1.21 bits per heavy atom. The molecule has 0 unspecified atom stereocenters. The van der Waals surface area contributed by atoms with Crippen LogP contribution in [0.4, 0.5) is 8.78 Å². The number of hydrogen-bond acceptors (Lipinski definition) is 3. The quantitative estimate of drug-likeness (QED) is 0.751. The van der Waals surface area contributed by atoms with Crippen LogP contribution in [-0.2, 0) is 14.8 Å². The smallest absolute Gasteiger partial charge is 0.269 e. The van der Waals surface area contributed by atoms with Crippen molar-refractivity contribution in [3.05, 3.63) is 29.8 Å². The monoisotopic (exact) mass is 221 g/mol. The Balaban J connectivity index is 3.39. The molecule has 4 nitrogen and oxygen atoms in total. The predicted molar refractivity (Wildman–Crippen MR) is 42.7 cm³/mol. The molecule has 1 aromatic rings. The van der Waals surface area contributed by atoms with E-state index in [4.69, 9.17) is 0 Å². The van der Waals surface area contributed by atoms with Crippen molar-refractivity contribution >= 4 is 16.4 Å². The minimum absolute atomic E-state index is 0.165. The minimum Gasteiger partial charge on any atom is -0.278 e. The summed E-state index contributed by atoms with van der Waals surface area (Å²) in [5.74, 6) is -2.50. The fourth-order valence-electron chi connectivity index (χ4n) is 0.862. The standard InChI is InChI=1S/C7H5F2NO3S/c8-5-2-1-3-6(9)7(5)14(12,13)10-4-11/h1-4H,(H,10,11). The zero-order chi connectivity index (χ0) is 10.8. The van der Waals surface area contributed by atoms with E-state index in [1.807, 2.05) is 0 Å². The van der Waals surface area contributed by atoms with Crippen LogP contribution >= 0.6 is 0 Å². The van der Waals surface area contributed by atoms with Crippen LogP contribution in [0.25, 0.3) is 0 Å². The lowest BCUT2D eigenvalue weighted by Gasteiger charge is -2.03. The van der Waals surface area contributed by atoms with Gasteiger partial charge in [-0.05, 0) is 12.1 Å². The summed E-state index contributed by atoms with van der Waals surface area (Å²) < 4.78 is 49.2. The van der Waals surface area contributed by atoms with Gasteiger partial charge < -0.3 is 0 Å². The van der Waals surface area contributed by atoms with Crippen molar-refractivity contribution in [3.63, 3.8) is 0 Å². The number of sulfonamides is 1. The Hall–Kier alpha value is -1.50. The lowest BCUT2D eigenvalue weighted by Crippen LogP contribution is -2.24. The Bertz CT molecular complexity index is 438. The lowest BCUT2D eigenvalue weighted by atomic mass is 10.3. The van der Waals surface area contributed by atoms with Crippen LogP contribution in [0.2, 0.25) is 0 Å². The van der Waals surface area contributed by atoms with E-state index in [9.17, 15) is 22.0 Å². The van der Waals surface area contributed by atoms with Gasteiger partial charge in [0.15, 0.2) is 4.90 Å². The van der Waals surface area contributed by atoms with Gasteiger partial charge in [0, 0.05) is 0 Å². The first-order valence-corrected chi connectivity index (χ1v) is 4.87. The Morgan fingerprint density at radius 2 is 1.71 bits per heavy atom. The van der Waals surface area contributed by atoms with Gasteiger partial charge in [0.05, 0.1) is 0 Å². The van der Waals surface area contributed by atoms with Gasteiger partial charge in [0.1, 0.15) is 11.6 Å². The molecule has 0 aromatic heterocycles. The zero-order valence-electron chi connectivity index (χ0n) is 6.70. The first-order chi connectivity index (χ1) is 6.49. The Labute approximate surface area is 78.6 Å². The maximum atomic E-state index is 12.9. The SMILES string of the molecule is O=CNS(=O)(=O)c1c(F)cccc1F. The average Bonchev–Trinajstić information content (AvgIpc) is 2.02. The van der Waals surface area contributed by atoms with Crippen molar-refractivity contribution in [1.82, 2.24) is 4.72 Å².